The van der Waals surface area contributed by atoms with E-state index < -0.39 is 6.10 Å². The third-order valence-electron chi connectivity index (χ3n) is 5.92. The van der Waals surface area contributed by atoms with E-state index in [1.807, 2.05) is 24.3 Å². The van der Waals surface area contributed by atoms with Crippen LogP contribution in [0.3, 0.4) is 0 Å². The van der Waals surface area contributed by atoms with Gasteiger partial charge in [0.15, 0.2) is 0 Å². The maximum atomic E-state index is 13.5. The molecule has 4 heterocycles. The van der Waals surface area contributed by atoms with E-state index >= 15 is 0 Å². The van der Waals surface area contributed by atoms with Gasteiger partial charge in [0.25, 0.3) is 5.56 Å². The highest BCUT2D eigenvalue weighted by atomic mass is 35.5. The Labute approximate surface area is 183 Å². The van der Waals surface area contributed by atoms with Crippen molar-refractivity contribution in [3.8, 4) is 0 Å². The molecule has 0 spiro atoms. The van der Waals surface area contributed by atoms with E-state index in [1.165, 1.54) is 0 Å². The Bertz CT molecular complexity index is 1310. The lowest BCUT2D eigenvalue weighted by Crippen LogP contribution is -2.36. The molecular formula is C23H22ClN5O2. The summed E-state index contributed by atoms with van der Waals surface area (Å²) in [6.07, 6.45) is 6.57. The summed E-state index contributed by atoms with van der Waals surface area (Å²) in [6, 6.07) is 9.17. The molecule has 1 aromatic carbocycles. The van der Waals surface area contributed by atoms with E-state index in [-0.39, 0.29) is 11.6 Å². The zero-order valence-electron chi connectivity index (χ0n) is 16.8. The minimum absolute atomic E-state index is 0.154. The summed E-state index contributed by atoms with van der Waals surface area (Å²) in [5.41, 5.74) is 3.09. The first-order valence-corrected chi connectivity index (χ1v) is 10.8. The lowest BCUT2D eigenvalue weighted by molar-refractivity contribution is 0.113. The van der Waals surface area contributed by atoms with Crippen molar-refractivity contribution in [1.82, 2.24) is 24.8 Å². The Morgan fingerprint density at radius 2 is 2.03 bits per heavy atom. The van der Waals surface area contributed by atoms with Crippen molar-refractivity contribution in [2.75, 3.05) is 13.1 Å². The molecule has 7 nitrogen and oxygen atoms in total. The SMILES string of the molecule is O=c1c2cc(Cc3ccc(Cl)nc3)c3cccnc3c2ncn1C1CCCNCC1O. The number of nitrogens with one attached hydrogen (secondary N) is 1. The second kappa shape index (κ2) is 8.34. The van der Waals surface area contributed by atoms with Crippen LogP contribution >= 0.6 is 11.6 Å². The number of benzene rings is 1. The van der Waals surface area contributed by atoms with Gasteiger partial charge < -0.3 is 10.4 Å². The van der Waals surface area contributed by atoms with Crippen molar-refractivity contribution < 1.29 is 5.11 Å². The summed E-state index contributed by atoms with van der Waals surface area (Å²) in [5.74, 6) is 0. The van der Waals surface area contributed by atoms with Gasteiger partial charge in [0.2, 0.25) is 0 Å². The molecule has 4 aromatic rings. The van der Waals surface area contributed by atoms with Gasteiger partial charge >= 0.3 is 0 Å². The molecule has 5 rings (SSSR count). The fourth-order valence-corrected chi connectivity index (χ4v) is 4.47. The number of aromatic nitrogens is 4. The molecular weight excluding hydrogens is 414 g/mol. The van der Waals surface area contributed by atoms with Gasteiger partial charge in [-0.25, -0.2) is 9.97 Å². The monoisotopic (exact) mass is 435 g/mol. The molecule has 1 aliphatic rings. The first kappa shape index (κ1) is 20.1. The molecule has 0 saturated carbocycles. The molecule has 2 N–H and O–H groups in total. The Morgan fingerprint density at radius 1 is 1.16 bits per heavy atom. The number of pyridine rings is 2. The molecule has 0 aliphatic carbocycles. The molecule has 158 valence electrons. The molecule has 3 aromatic heterocycles. The summed E-state index contributed by atoms with van der Waals surface area (Å²) in [5, 5.41) is 15.7. The second-order valence-electron chi connectivity index (χ2n) is 7.94. The zero-order chi connectivity index (χ0) is 21.4. The normalized spacial score (nSPS) is 19.5. The van der Waals surface area contributed by atoms with Gasteiger partial charge in [0.1, 0.15) is 10.7 Å². The Kier molecular flexibility index (Phi) is 5.40. The number of rotatable bonds is 3. The van der Waals surface area contributed by atoms with Crippen LogP contribution in [0, 0.1) is 0 Å². The van der Waals surface area contributed by atoms with E-state index in [1.54, 1.807) is 29.4 Å². The molecule has 0 bridgehead atoms. The first-order valence-electron chi connectivity index (χ1n) is 10.4. The van der Waals surface area contributed by atoms with Gasteiger partial charge in [-0.05, 0) is 55.1 Å². The van der Waals surface area contributed by atoms with Gasteiger partial charge in [-0.3, -0.25) is 14.3 Å². The van der Waals surface area contributed by atoms with Crippen LogP contribution in [-0.2, 0) is 6.42 Å². The third-order valence-corrected chi connectivity index (χ3v) is 6.14. The van der Waals surface area contributed by atoms with Crippen LogP contribution in [0.4, 0.5) is 0 Å². The van der Waals surface area contributed by atoms with E-state index in [0.29, 0.717) is 34.5 Å². The van der Waals surface area contributed by atoms with Crippen molar-refractivity contribution in [1.29, 1.82) is 0 Å². The van der Waals surface area contributed by atoms with E-state index in [9.17, 15) is 9.90 Å². The Balaban J connectivity index is 1.68. The maximum absolute atomic E-state index is 13.5. The fraction of sp³-hybridized carbons (Fsp3) is 0.304. The van der Waals surface area contributed by atoms with Gasteiger partial charge in [0.05, 0.1) is 29.4 Å². The van der Waals surface area contributed by atoms with E-state index in [4.69, 9.17) is 11.6 Å². The predicted molar refractivity (Wildman–Crippen MR) is 121 cm³/mol. The van der Waals surface area contributed by atoms with Crippen molar-refractivity contribution in [2.45, 2.75) is 31.4 Å². The van der Waals surface area contributed by atoms with Crippen molar-refractivity contribution in [2.24, 2.45) is 0 Å². The Morgan fingerprint density at radius 3 is 2.87 bits per heavy atom. The maximum Gasteiger partial charge on any atom is 0.261 e. The quantitative estimate of drug-likeness (QED) is 0.379. The third kappa shape index (κ3) is 3.80. The molecule has 1 aliphatic heterocycles. The first-order chi connectivity index (χ1) is 15.1. The van der Waals surface area contributed by atoms with Gasteiger partial charge in [-0.1, -0.05) is 23.7 Å². The topological polar surface area (TPSA) is 92.9 Å². The molecule has 31 heavy (non-hydrogen) atoms. The smallest absolute Gasteiger partial charge is 0.261 e. The lowest BCUT2D eigenvalue weighted by atomic mass is 9.99. The van der Waals surface area contributed by atoms with E-state index in [0.717, 1.165) is 35.9 Å². The van der Waals surface area contributed by atoms with Crippen LogP contribution in [0.1, 0.15) is 30.0 Å². The lowest BCUT2D eigenvalue weighted by Gasteiger charge is -2.22. The average Bonchev–Trinajstić information content (AvgIpc) is 3.00. The van der Waals surface area contributed by atoms with Gasteiger partial charge in [0, 0.05) is 24.3 Å². The predicted octanol–water partition coefficient (Wildman–Crippen LogP) is 2.87. The highest BCUT2D eigenvalue weighted by Gasteiger charge is 2.25. The van der Waals surface area contributed by atoms with Crippen molar-refractivity contribution >= 4 is 33.4 Å². The minimum Gasteiger partial charge on any atom is -0.390 e. The standard InChI is InChI=1S/C23H22ClN5O2/c24-20-6-5-14(11-27-20)9-15-10-17-22(21-16(15)3-1-8-26-21)28-13-29(23(17)31)18-4-2-7-25-12-19(18)30/h1,3,5-6,8,10-11,13,18-19,25,30H,2,4,7,9,12H2. The number of halogens is 1. The summed E-state index contributed by atoms with van der Waals surface area (Å²) in [6.45, 7) is 1.29. The van der Waals surface area contributed by atoms with Crippen molar-refractivity contribution in [3.63, 3.8) is 0 Å². The number of hydrogen-bond donors (Lipinski definition) is 2. The number of nitrogens with zero attached hydrogens (tertiary/aromatic N) is 4. The second-order valence-corrected chi connectivity index (χ2v) is 8.32. The molecule has 2 unspecified atom stereocenters. The summed E-state index contributed by atoms with van der Waals surface area (Å²) in [7, 11) is 0. The van der Waals surface area contributed by atoms with Crippen molar-refractivity contribution in [3.05, 3.63) is 75.7 Å². The largest absolute Gasteiger partial charge is 0.390 e. The molecule has 0 amide bonds. The molecule has 2 atom stereocenters. The highest BCUT2D eigenvalue weighted by Crippen LogP contribution is 2.27. The summed E-state index contributed by atoms with van der Waals surface area (Å²) >= 11 is 5.92. The summed E-state index contributed by atoms with van der Waals surface area (Å²) < 4.78 is 1.59. The van der Waals surface area contributed by atoms with Gasteiger partial charge in [-0.2, -0.15) is 0 Å². The van der Waals surface area contributed by atoms with Gasteiger partial charge in [-0.15, -0.1) is 0 Å². The average molecular weight is 436 g/mol. The van der Waals surface area contributed by atoms with Crippen LogP contribution in [0.2, 0.25) is 5.15 Å². The summed E-state index contributed by atoms with van der Waals surface area (Å²) in [4.78, 5) is 26.8. The number of fused-ring (bicyclic) bond motifs is 3. The van der Waals surface area contributed by atoms with Crippen LogP contribution in [0.25, 0.3) is 21.8 Å². The molecule has 1 saturated heterocycles. The Hall–Kier alpha value is -2.87. The minimum atomic E-state index is -0.641. The van der Waals surface area contributed by atoms with Crippen LogP contribution in [0.5, 0.6) is 0 Å². The molecule has 0 radical (unpaired) electrons. The molecule has 8 heteroatoms. The number of β-amino-alcohol motifs (C(OH)–C–C–N with tert-alkyl or cyclic N) is 1. The van der Waals surface area contributed by atoms with Crippen LogP contribution < -0.4 is 10.9 Å². The van der Waals surface area contributed by atoms with E-state index in [2.05, 4.69) is 20.3 Å². The number of aliphatic hydroxyl groups is 1. The van der Waals surface area contributed by atoms with Crippen LogP contribution in [0.15, 0.2) is 53.8 Å². The zero-order valence-corrected chi connectivity index (χ0v) is 17.6. The fourth-order valence-electron chi connectivity index (χ4n) is 4.36. The number of hydrogen-bond acceptors (Lipinski definition) is 6. The number of aliphatic hydroxyl groups excluding tert-OH is 1. The van der Waals surface area contributed by atoms with Crippen LogP contribution in [-0.4, -0.2) is 43.8 Å². The molecule has 1 fully saturated rings. The highest BCUT2D eigenvalue weighted by molar-refractivity contribution is 6.29.